The topological polar surface area (TPSA) is 75.7 Å². The van der Waals surface area contributed by atoms with Crippen molar-refractivity contribution < 1.29 is 17.9 Å². The minimum Gasteiger partial charge on any atom is -0.385 e. The number of ether oxygens (including phenoxy) is 1. The molecule has 1 aromatic rings. The number of sulfonamides is 1. The normalized spacial score (nSPS) is 11.7. The Balaban J connectivity index is 2.59. The van der Waals surface area contributed by atoms with Gasteiger partial charge in [-0.3, -0.25) is 4.79 Å². The zero-order valence-electron chi connectivity index (χ0n) is 14.3. The monoisotopic (exact) mass is 342 g/mol. The van der Waals surface area contributed by atoms with E-state index in [-0.39, 0.29) is 18.9 Å². The highest BCUT2D eigenvalue weighted by atomic mass is 32.2. The van der Waals surface area contributed by atoms with Crippen LogP contribution in [0, 0.1) is 13.8 Å². The van der Waals surface area contributed by atoms with Crippen molar-refractivity contribution in [2.45, 2.75) is 26.7 Å². The number of carbonyl (C=O) groups excluding carboxylic acids is 1. The number of rotatable bonds is 9. The molecule has 0 heterocycles. The number of amides is 1. The molecule has 1 N–H and O–H groups in total. The lowest BCUT2D eigenvalue weighted by Crippen LogP contribution is -2.34. The SMILES string of the molecule is COCCCN(CCC(=O)Nc1cc(C)ccc1C)S(C)(=O)=O. The molecule has 1 aromatic carbocycles. The average Bonchev–Trinajstić information content (AvgIpc) is 2.45. The Morgan fingerprint density at radius 2 is 1.96 bits per heavy atom. The maximum absolute atomic E-state index is 12.1. The summed E-state index contributed by atoms with van der Waals surface area (Å²) in [6.07, 6.45) is 1.87. The summed E-state index contributed by atoms with van der Waals surface area (Å²) in [5, 5.41) is 2.84. The van der Waals surface area contributed by atoms with E-state index in [4.69, 9.17) is 4.74 Å². The lowest BCUT2D eigenvalue weighted by molar-refractivity contribution is -0.116. The van der Waals surface area contributed by atoms with Crippen LogP contribution in [0.3, 0.4) is 0 Å². The zero-order valence-corrected chi connectivity index (χ0v) is 15.1. The highest BCUT2D eigenvalue weighted by Crippen LogP contribution is 2.16. The smallest absolute Gasteiger partial charge is 0.225 e. The quantitative estimate of drug-likeness (QED) is 0.696. The highest BCUT2D eigenvalue weighted by Gasteiger charge is 2.17. The molecule has 0 bridgehead atoms. The summed E-state index contributed by atoms with van der Waals surface area (Å²) in [5.41, 5.74) is 2.80. The molecule has 0 radical (unpaired) electrons. The van der Waals surface area contributed by atoms with Crippen molar-refractivity contribution in [2.24, 2.45) is 0 Å². The van der Waals surface area contributed by atoms with E-state index in [9.17, 15) is 13.2 Å². The molecular formula is C16H26N2O4S. The number of carbonyl (C=O) groups is 1. The fraction of sp³-hybridized carbons (Fsp3) is 0.562. The van der Waals surface area contributed by atoms with Gasteiger partial charge in [-0.25, -0.2) is 12.7 Å². The lowest BCUT2D eigenvalue weighted by Gasteiger charge is -2.19. The largest absolute Gasteiger partial charge is 0.385 e. The Morgan fingerprint density at radius 3 is 2.57 bits per heavy atom. The molecule has 7 heteroatoms. The van der Waals surface area contributed by atoms with Gasteiger partial charge in [-0.1, -0.05) is 12.1 Å². The second-order valence-electron chi connectivity index (χ2n) is 5.62. The van der Waals surface area contributed by atoms with Crippen LogP contribution in [-0.2, 0) is 19.6 Å². The third kappa shape index (κ3) is 7.11. The number of benzene rings is 1. The van der Waals surface area contributed by atoms with Crippen molar-refractivity contribution in [3.05, 3.63) is 29.3 Å². The van der Waals surface area contributed by atoms with E-state index in [1.807, 2.05) is 32.0 Å². The molecule has 0 atom stereocenters. The molecular weight excluding hydrogens is 316 g/mol. The summed E-state index contributed by atoms with van der Waals surface area (Å²) in [6, 6.07) is 5.82. The van der Waals surface area contributed by atoms with Gasteiger partial charge in [-0.2, -0.15) is 0 Å². The van der Waals surface area contributed by atoms with Crippen LogP contribution in [0.15, 0.2) is 18.2 Å². The van der Waals surface area contributed by atoms with Crippen LogP contribution in [0.5, 0.6) is 0 Å². The molecule has 0 aliphatic carbocycles. The molecule has 0 aliphatic rings. The number of anilines is 1. The molecule has 0 fully saturated rings. The zero-order chi connectivity index (χ0) is 17.5. The standard InChI is InChI=1S/C16H26N2O4S/c1-13-6-7-14(2)15(12-13)17-16(19)8-10-18(23(4,20)21)9-5-11-22-3/h6-7,12H,5,8-11H2,1-4H3,(H,17,19). The van der Waals surface area contributed by atoms with Crippen molar-refractivity contribution in [1.82, 2.24) is 4.31 Å². The number of nitrogens with one attached hydrogen (secondary N) is 1. The lowest BCUT2D eigenvalue weighted by atomic mass is 10.1. The Morgan fingerprint density at radius 1 is 1.26 bits per heavy atom. The first-order valence-electron chi connectivity index (χ1n) is 7.55. The summed E-state index contributed by atoms with van der Waals surface area (Å²) in [7, 11) is -1.76. The first-order chi connectivity index (χ1) is 10.7. The summed E-state index contributed by atoms with van der Waals surface area (Å²) >= 11 is 0. The van der Waals surface area contributed by atoms with Gasteiger partial charge in [-0.15, -0.1) is 0 Å². The van der Waals surface area contributed by atoms with Gasteiger partial charge in [0, 0.05) is 38.9 Å². The van der Waals surface area contributed by atoms with Crippen LogP contribution in [0.2, 0.25) is 0 Å². The fourth-order valence-corrected chi connectivity index (χ4v) is 3.02. The third-order valence-corrected chi connectivity index (χ3v) is 4.78. The first kappa shape index (κ1) is 19.6. The predicted octanol–water partition coefficient (Wildman–Crippen LogP) is 1.93. The van der Waals surface area contributed by atoms with E-state index in [1.54, 1.807) is 7.11 Å². The van der Waals surface area contributed by atoms with Gasteiger partial charge in [-0.05, 0) is 37.5 Å². The van der Waals surface area contributed by atoms with Crippen LogP contribution in [0.1, 0.15) is 24.0 Å². The number of hydrogen-bond acceptors (Lipinski definition) is 4. The molecule has 0 aliphatic heterocycles. The van der Waals surface area contributed by atoms with Gasteiger partial charge in [0.2, 0.25) is 15.9 Å². The Kier molecular flexibility index (Phi) is 7.67. The van der Waals surface area contributed by atoms with Crippen molar-refractivity contribution >= 4 is 21.6 Å². The summed E-state index contributed by atoms with van der Waals surface area (Å²) < 4.78 is 29.7. The van der Waals surface area contributed by atoms with Gasteiger partial charge in [0.25, 0.3) is 0 Å². The van der Waals surface area contributed by atoms with Crippen LogP contribution < -0.4 is 5.32 Å². The van der Waals surface area contributed by atoms with E-state index in [0.29, 0.717) is 19.6 Å². The van der Waals surface area contributed by atoms with Gasteiger partial charge in [0.05, 0.1) is 6.26 Å². The maximum Gasteiger partial charge on any atom is 0.225 e. The summed E-state index contributed by atoms with van der Waals surface area (Å²) in [4.78, 5) is 12.1. The van der Waals surface area contributed by atoms with Crippen LogP contribution in [0.25, 0.3) is 0 Å². The molecule has 0 saturated heterocycles. The number of methoxy groups -OCH3 is 1. The molecule has 1 rings (SSSR count). The van der Waals surface area contributed by atoms with Crippen molar-refractivity contribution in [3.63, 3.8) is 0 Å². The molecule has 0 spiro atoms. The Labute approximate surface area is 138 Å². The van der Waals surface area contributed by atoms with Gasteiger partial charge >= 0.3 is 0 Å². The van der Waals surface area contributed by atoms with Gasteiger partial charge in [0.1, 0.15) is 0 Å². The molecule has 23 heavy (non-hydrogen) atoms. The second kappa shape index (κ2) is 9.00. The van der Waals surface area contributed by atoms with Gasteiger partial charge < -0.3 is 10.1 Å². The van der Waals surface area contributed by atoms with E-state index < -0.39 is 10.0 Å². The summed E-state index contributed by atoms with van der Waals surface area (Å²) in [6.45, 7) is 4.88. The molecule has 6 nitrogen and oxygen atoms in total. The number of nitrogens with zero attached hydrogens (tertiary/aromatic N) is 1. The number of hydrogen-bond donors (Lipinski definition) is 1. The van der Waals surface area contributed by atoms with Crippen molar-refractivity contribution in [2.75, 3.05) is 38.4 Å². The maximum atomic E-state index is 12.1. The number of aryl methyl sites for hydroxylation is 2. The fourth-order valence-electron chi connectivity index (χ4n) is 2.14. The van der Waals surface area contributed by atoms with E-state index in [1.165, 1.54) is 4.31 Å². The Hall–Kier alpha value is -1.44. The van der Waals surface area contributed by atoms with Gasteiger partial charge in [0.15, 0.2) is 0 Å². The highest BCUT2D eigenvalue weighted by molar-refractivity contribution is 7.88. The summed E-state index contributed by atoms with van der Waals surface area (Å²) in [5.74, 6) is -0.195. The molecule has 0 unspecified atom stereocenters. The van der Waals surface area contributed by atoms with Crippen LogP contribution >= 0.6 is 0 Å². The average molecular weight is 342 g/mol. The minimum absolute atomic E-state index is 0.118. The van der Waals surface area contributed by atoms with E-state index in [0.717, 1.165) is 23.1 Å². The van der Waals surface area contributed by atoms with Crippen LogP contribution in [-0.4, -0.2) is 51.7 Å². The molecule has 0 saturated carbocycles. The Bertz CT molecular complexity index is 629. The van der Waals surface area contributed by atoms with E-state index in [2.05, 4.69) is 5.32 Å². The van der Waals surface area contributed by atoms with E-state index >= 15 is 0 Å². The van der Waals surface area contributed by atoms with Crippen molar-refractivity contribution in [1.29, 1.82) is 0 Å². The van der Waals surface area contributed by atoms with Crippen LogP contribution in [0.4, 0.5) is 5.69 Å². The molecule has 0 aromatic heterocycles. The van der Waals surface area contributed by atoms with Crippen molar-refractivity contribution in [3.8, 4) is 0 Å². The predicted molar refractivity (Wildman–Crippen MR) is 92.1 cm³/mol. The first-order valence-corrected chi connectivity index (χ1v) is 9.40. The third-order valence-electron chi connectivity index (χ3n) is 3.48. The second-order valence-corrected chi connectivity index (χ2v) is 7.61. The molecule has 1 amide bonds. The minimum atomic E-state index is -3.33. The molecule has 130 valence electrons.